The first-order valence-corrected chi connectivity index (χ1v) is 3.60. The van der Waals surface area contributed by atoms with Crippen molar-refractivity contribution in [1.82, 2.24) is 4.98 Å². The van der Waals surface area contributed by atoms with E-state index < -0.39 is 12.1 Å². The molecule has 1 aromatic heterocycles. The first-order valence-electron chi connectivity index (χ1n) is 3.60. The highest BCUT2D eigenvalue weighted by Gasteiger charge is 2.32. The maximum atomic E-state index is 11.8. The molecule has 0 aromatic carbocycles. The predicted molar refractivity (Wildman–Crippen MR) is 41.0 cm³/mol. The molecule has 0 atom stereocenters. The fraction of sp³-hybridized carbons (Fsp3) is 0.250. The molecule has 0 amide bonds. The topological polar surface area (TPSA) is 39.2 Å². The van der Waals surface area contributed by atoms with Gasteiger partial charge in [0.15, 0.2) is 12.0 Å². The SMILES string of the molecule is Cc1cc(C=O)c(OC(F)(F)F)cn1. The number of rotatable bonds is 2. The molecule has 0 saturated carbocycles. The summed E-state index contributed by atoms with van der Waals surface area (Å²) in [6.07, 6.45) is -3.66. The van der Waals surface area contributed by atoms with Gasteiger partial charge in [-0.2, -0.15) is 0 Å². The second-order valence-corrected chi connectivity index (χ2v) is 2.53. The van der Waals surface area contributed by atoms with Crippen LogP contribution in [0.3, 0.4) is 0 Å². The van der Waals surface area contributed by atoms with E-state index in [1.807, 2.05) is 0 Å². The molecule has 3 nitrogen and oxygen atoms in total. The average Bonchev–Trinajstić information content (AvgIpc) is 2.06. The van der Waals surface area contributed by atoms with Crippen LogP contribution in [0.5, 0.6) is 5.75 Å². The summed E-state index contributed by atoms with van der Waals surface area (Å²) in [6, 6.07) is 1.22. The van der Waals surface area contributed by atoms with E-state index >= 15 is 0 Å². The average molecular weight is 205 g/mol. The number of pyridine rings is 1. The Balaban J connectivity index is 3.03. The van der Waals surface area contributed by atoms with E-state index in [-0.39, 0.29) is 11.8 Å². The number of hydrogen-bond acceptors (Lipinski definition) is 3. The smallest absolute Gasteiger partial charge is 0.403 e. The quantitative estimate of drug-likeness (QED) is 0.694. The van der Waals surface area contributed by atoms with E-state index in [0.717, 1.165) is 6.20 Å². The highest BCUT2D eigenvalue weighted by Crippen LogP contribution is 2.24. The van der Waals surface area contributed by atoms with Gasteiger partial charge in [0.1, 0.15) is 0 Å². The number of nitrogens with zero attached hydrogens (tertiary/aromatic N) is 1. The van der Waals surface area contributed by atoms with Crippen molar-refractivity contribution < 1.29 is 22.7 Å². The van der Waals surface area contributed by atoms with Gasteiger partial charge in [0.25, 0.3) is 0 Å². The summed E-state index contributed by atoms with van der Waals surface area (Å²) >= 11 is 0. The molecule has 0 aliphatic rings. The van der Waals surface area contributed by atoms with Crippen LogP contribution >= 0.6 is 0 Å². The molecule has 1 rings (SSSR count). The molecule has 1 heterocycles. The van der Waals surface area contributed by atoms with Crippen molar-refractivity contribution in [3.8, 4) is 5.75 Å². The maximum absolute atomic E-state index is 11.8. The number of halogens is 3. The zero-order chi connectivity index (χ0) is 10.8. The monoisotopic (exact) mass is 205 g/mol. The van der Waals surface area contributed by atoms with Crippen LogP contribution < -0.4 is 4.74 Å². The first kappa shape index (κ1) is 10.5. The summed E-state index contributed by atoms with van der Waals surface area (Å²) in [5.41, 5.74) is 0.274. The van der Waals surface area contributed by atoms with Crippen molar-refractivity contribution in [1.29, 1.82) is 0 Å². The predicted octanol–water partition coefficient (Wildman–Crippen LogP) is 2.10. The van der Waals surface area contributed by atoms with Crippen molar-refractivity contribution in [2.24, 2.45) is 0 Å². The fourth-order valence-corrected chi connectivity index (χ4v) is 0.870. The van der Waals surface area contributed by atoms with Gasteiger partial charge in [-0.25, -0.2) is 0 Å². The molecule has 0 bridgehead atoms. The van der Waals surface area contributed by atoms with Gasteiger partial charge in [0, 0.05) is 5.69 Å². The third-order valence-electron chi connectivity index (χ3n) is 1.39. The normalized spacial score (nSPS) is 11.1. The van der Waals surface area contributed by atoms with Crippen LogP contribution in [0.25, 0.3) is 0 Å². The Morgan fingerprint density at radius 2 is 2.14 bits per heavy atom. The highest BCUT2D eigenvalue weighted by atomic mass is 19.4. The number of hydrogen-bond donors (Lipinski definition) is 0. The number of alkyl halides is 3. The van der Waals surface area contributed by atoms with E-state index in [4.69, 9.17) is 0 Å². The molecule has 14 heavy (non-hydrogen) atoms. The number of aldehydes is 1. The van der Waals surface area contributed by atoms with Gasteiger partial charge in [0.2, 0.25) is 0 Å². The minimum Gasteiger partial charge on any atom is -0.403 e. The van der Waals surface area contributed by atoms with E-state index in [0.29, 0.717) is 5.69 Å². The number of aryl methyl sites for hydroxylation is 1. The van der Waals surface area contributed by atoms with Crippen molar-refractivity contribution in [2.75, 3.05) is 0 Å². The van der Waals surface area contributed by atoms with Crippen molar-refractivity contribution >= 4 is 6.29 Å². The summed E-state index contributed by atoms with van der Waals surface area (Å²) in [6.45, 7) is 1.56. The van der Waals surface area contributed by atoms with E-state index in [1.165, 1.54) is 6.07 Å². The molecule has 0 saturated heterocycles. The summed E-state index contributed by atoms with van der Waals surface area (Å²) < 4.78 is 39.0. The molecule has 0 N–H and O–H groups in total. The number of carbonyl (C=O) groups excluding carboxylic acids is 1. The lowest BCUT2D eigenvalue weighted by Crippen LogP contribution is -2.18. The zero-order valence-corrected chi connectivity index (χ0v) is 7.13. The minimum atomic E-state index is -4.81. The third kappa shape index (κ3) is 2.72. The summed E-state index contributed by atoms with van der Waals surface area (Å²) in [5.74, 6) is -0.585. The molecule has 0 aliphatic heterocycles. The van der Waals surface area contributed by atoms with Crippen molar-refractivity contribution in [3.63, 3.8) is 0 Å². The van der Waals surface area contributed by atoms with E-state index in [9.17, 15) is 18.0 Å². The maximum Gasteiger partial charge on any atom is 0.573 e. The molecule has 76 valence electrons. The first-order chi connectivity index (χ1) is 6.42. The lowest BCUT2D eigenvalue weighted by atomic mass is 10.2. The second kappa shape index (κ2) is 3.65. The highest BCUT2D eigenvalue weighted by molar-refractivity contribution is 5.79. The van der Waals surface area contributed by atoms with E-state index in [2.05, 4.69) is 9.72 Å². The Kier molecular flexibility index (Phi) is 2.73. The van der Waals surface area contributed by atoms with Crippen LogP contribution in [0.1, 0.15) is 16.1 Å². The van der Waals surface area contributed by atoms with Crippen LogP contribution in [-0.2, 0) is 0 Å². The molecule has 0 unspecified atom stereocenters. The Hall–Kier alpha value is -1.59. The molecule has 6 heteroatoms. The zero-order valence-electron chi connectivity index (χ0n) is 7.13. The molecule has 0 spiro atoms. The Morgan fingerprint density at radius 1 is 1.50 bits per heavy atom. The van der Waals surface area contributed by atoms with Crippen LogP contribution in [0.15, 0.2) is 12.3 Å². The van der Waals surface area contributed by atoms with Crippen LogP contribution in [-0.4, -0.2) is 17.6 Å². The van der Waals surface area contributed by atoms with Gasteiger partial charge in [0.05, 0.1) is 11.8 Å². The van der Waals surface area contributed by atoms with Crippen LogP contribution in [0.2, 0.25) is 0 Å². The standard InChI is InChI=1S/C8H6F3NO2/c1-5-2-6(4-13)7(3-12-5)14-8(9,10)11/h2-4H,1H3. The number of carbonyl (C=O) groups is 1. The Bertz CT molecular complexity index is 349. The van der Waals surface area contributed by atoms with Gasteiger partial charge >= 0.3 is 6.36 Å². The van der Waals surface area contributed by atoms with Crippen molar-refractivity contribution in [2.45, 2.75) is 13.3 Å². The lowest BCUT2D eigenvalue weighted by molar-refractivity contribution is -0.274. The van der Waals surface area contributed by atoms with Crippen molar-refractivity contribution in [3.05, 3.63) is 23.5 Å². The van der Waals surface area contributed by atoms with Gasteiger partial charge in [-0.15, -0.1) is 13.2 Å². The molecule has 0 fully saturated rings. The van der Waals surface area contributed by atoms with Gasteiger partial charge in [-0.1, -0.05) is 0 Å². The van der Waals surface area contributed by atoms with Gasteiger partial charge in [-0.05, 0) is 13.0 Å². The number of aromatic nitrogens is 1. The molecular formula is C8H6F3NO2. The lowest BCUT2D eigenvalue weighted by Gasteiger charge is -2.10. The second-order valence-electron chi connectivity index (χ2n) is 2.53. The minimum absolute atomic E-state index is 0.171. The Labute approximate surface area is 77.5 Å². The summed E-state index contributed by atoms with van der Waals surface area (Å²) in [4.78, 5) is 14.0. The Morgan fingerprint density at radius 3 is 2.64 bits per heavy atom. The molecule has 0 aliphatic carbocycles. The van der Waals surface area contributed by atoms with E-state index in [1.54, 1.807) is 6.92 Å². The number of ether oxygens (including phenoxy) is 1. The fourth-order valence-electron chi connectivity index (χ4n) is 0.870. The molecule has 1 aromatic rings. The largest absolute Gasteiger partial charge is 0.573 e. The summed E-state index contributed by atoms with van der Waals surface area (Å²) in [5, 5.41) is 0. The van der Waals surface area contributed by atoms with Gasteiger partial charge in [-0.3, -0.25) is 9.78 Å². The van der Waals surface area contributed by atoms with Crippen LogP contribution in [0, 0.1) is 6.92 Å². The molecular weight excluding hydrogens is 199 g/mol. The molecule has 0 radical (unpaired) electrons. The van der Waals surface area contributed by atoms with Crippen LogP contribution in [0.4, 0.5) is 13.2 Å². The third-order valence-corrected chi connectivity index (χ3v) is 1.39. The van der Waals surface area contributed by atoms with Gasteiger partial charge < -0.3 is 4.74 Å². The summed E-state index contributed by atoms with van der Waals surface area (Å²) in [7, 11) is 0.